The summed E-state index contributed by atoms with van der Waals surface area (Å²) in [6.07, 6.45) is 0. The highest BCUT2D eigenvalue weighted by Gasteiger charge is 2.25. The largest absolute Gasteiger partial charge is 0.464 e. The first-order chi connectivity index (χ1) is 9.60. The second-order valence-electron chi connectivity index (χ2n) is 5.14. The number of amides is 1. The molecule has 0 bridgehead atoms. The van der Waals surface area contributed by atoms with Gasteiger partial charge < -0.3 is 19.2 Å². The van der Waals surface area contributed by atoms with E-state index >= 15 is 0 Å². The van der Waals surface area contributed by atoms with Gasteiger partial charge >= 0.3 is 0 Å². The van der Waals surface area contributed by atoms with Crippen molar-refractivity contribution in [3.63, 3.8) is 0 Å². The number of aliphatic hydroxyl groups is 1. The van der Waals surface area contributed by atoms with Crippen LogP contribution in [0.25, 0.3) is 0 Å². The third-order valence-corrected chi connectivity index (χ3v) is 3.51. The standard InChI is InChI=1S/C14H22N2O4/c1-11-3-4-13(20-11)7-15(2)14(18)8-16-5-6-19-10-12(16)9-17/h3-4,12,17H,5-10H2,1-2H3. The molecule has 1 aromatic heterocycles. The first-order valence-corrected chi connectivity index (χ1v) is 6.82. The van der Waals surface area contributed by atoms with Crippen LogP contribution in [0.1, 0.15) is 11.5 Å². The Morgan fingerprint density at radius 2 is 2.35 bits per heavy atom. The van der Waals surface area contributed by atoms with Crippen LogP contribution in [0.3, 0.4) is 0 Å². The average molecular weight is 282 g/mol. The quantitative estimate of drug-likeness (QED) is 0.838. The molecule has 2 rings (SSSR count). The van der Waals surface area contributed by atoms with E-state index in [1.165, 1.54) is 0 Å². The molecule has 0 radical (unpaired) electrons. The Kier molecular flexibility index (Phi) is 5.17. The Balaban J connectivity index is 1.86. The van der Waals surface area contributed by atoms with Gasteiger partial charge in [0, 0.05) is 13.6 Å². The summed E-state index contributed by atoms with van der Waals surface area (Å²) in [5.41, 5.74) is 0. The zero-order valence-electron chi connectivity index (χ0n) is 12.0. The SMILES string of the molecule is Cc1ccc(CN(C)C(=O)CN2CCOCC2CO)o1. The molecule has 1 unspecified atom stereocenters. The topological polar surface area (TPSA) is 66.2 Å². The molecule has 20 heavy (non-hydrogen) atoms. The number of morpholine rings is 1. The van der Waals surface area contributed by atoms with Gasteiger partial charge in [-0.2, -0.15) is 0 Å². The number of hydrogen-bond donors (Lipinski definition) is 1. The lowest BCUT2D eigenvalue weighted by Crippen LogP contribution is -2.51. The zero-order chi connectivity index (χ0) is 14.5. The maximum absolute atomic E-state index is 12.2. The van der Waals surface area contributed by atoms with E-state index in [0.717, 1.165) is 11.5 Å². The minimum Gasteiger partial charge on any atom is -0.464 e. The van der Waals surface area contributed by atoms with Crippen LogP contribution in [0.4, 0.5) is 0 Å². The molecule has 2 heterocycles. The molecular formula is C14H22N2O4. The summed E-state index contributed by atoms with van der Waals surface area (Å²) in [7, 11) is 1.76. The molecule has 1 atom stereocenters. The fourth-order valence-corrected chi connectivity index (χ4v) is 2.25. The molecule has 0 saturated carbocycles. The van der Waals surface area contributed by atoms with Gasteiger partial charge in [-0.05, 0) is 19.1 Å². The van der Waals surface area contributed by atoms with Crippen molar-refractivity contribution in [1.82, 2.24) is 9.80 Å². The van der Waals surface area contributed by atoms with Crippen LogP contribution in [0.5, 0.6) is 0 Å². The number of hydrogen-bond acceptors (Lipinski definition) is 5. The molecule has 1 fully saturated rings. The lowest BCUT2D eigenvalue weighted by molar-refractivity contribution is -0.134. The van der Waals surface area contributed by atoms with Crippen molar-refractivity contribution in [3.05, 3.63) is 23.7 Å². The lowest BCUT2D eigenvalue weighted by atomic mass is 10.2. The second kappa shape index (κ2) is 6.88. The summed E-state index contributed by atoms with van der Waals surface area (Å²) in [6.45, 7) is 4.39. The number of furan rings is 1. The Morgan fingerprint density at radius 3 is 3.00 bits per heavy atom. The van der Waals surface area contributed by atoms with Crippen molar-refractivity contribution in [2.75, 3.05) is 40.0 Å². The normalized spacial score (nSPS) is 20.1. The van der Waals surface area contributed by atoms with E-state index in [0.29, 0.717) is 32.8 Å². The molecule has 1 aliphatic rings. The number of likely N-dealkylation sites (N-methyl/N-ethyl adjacent to an activating group) is 1. The molecule has 0 spiro atoms. The number of nitrogens with zero attached hydrogens (tertiary/aromatic N) is 2. The maximum atomic E-state index is 12.2. The maximum Gasteiger partial charge on any atom is 0.236 e. The van der Waals surface area contributed by atoms with E-state index in [-0.39, 0.29) is 18.6 Å². The Morgan fingerprint density at radius 1 is 1.55 bits per heavy atom. The molecule has 6 heteroatoms. The van der Waals surface area contributed by atoms with Gasteiger partial charge in [0.2, 0.25) is 5.91 Å². The van der Waals surface area contributed by atoms with Crippen molar-refractivity contribution < 1.29 is 19.1 Å². The van der Waals surface area contributed by atoms with E-state index < -0.39 is 0 Å². The van der Waals surface area contributed by atoms with Crippen LogP contribution in [0.2, 0.25) is 0 Å². The molecule has 0 aromatic carbocycles. The lowest BCUT2D eigenvalue weighted by Gasteiger charge is -2.34. The van der Waals surface area contributed by atoms with Gasteiger partial charge in [-0.25, -0.2) is 0 Å². The number of carbonyl (C=O) groups excluding carboxylic acids is 1. The van der Waals surface area contributed by atoms with Gasteiger partial charge in [0.15, 0.2) is 0 Å². The number of carbonyl (C=O) groups is 1. The first-order valence-electron chi connectivity index (χ1n) is 6.82. The number of rotatable bonds is 5. The van der Waals surface area contributed by atoms with E-state index in [9.17, 15) is 9.90 Å². The summed E-state index contributed by atoms with van der Waals surface area (Å²) in [5, 5.41) is 9.29. The summed E-state index contributed by atoms with van der Waals surface area (Å²) >= 11 is 0. The minimum atomic E-state index is -0.0908. The summed E-state index contributed by atoms with van der Waals surface area (Å²) < 4.78 is 10.8. The van der Waals surface area contributed by atoms with Gasteiger partial charge in [0.05, 0.1) is 39.0 Å². The number of aryl methyl sites for hydroxylation is 1. The zero-order valence-corrected chi connectivity index (χ0v) is 12.0. The minimum absolute atomic E-state index is 0.00831. The fraction of sp³-hybridized carbons (Fsp3) is 0.643. The fourth-order valence-electron chi connectivity index (χ4n) is 2.25. The van der Waals surface area contributed by atoms with E-state index in [1.54, 1.807) is 11.9 Å². The average Bonchev–Trinajstić information content (AvgIpc) is 2.84. The van der Waals surface area contributed by atoms with E-state index in [1.807, 2.05) is 24.0 Å². The highest BCUT2D eigenvalue weighted by atomic mass is 16.5. The van der Waals surface area contributed by atoms with Gasteiger partial charge in [0.1, 0.15) is 11.5 Å². The van der Waals surface area contributed by atoms with Crippen molar-refractivity contribution in [1.29, 1.82) is 0 Å². The molecular weight excluding hydrogens is 260 g/mol. The third kappa shape index (κ3) is 3.82. The van der Waals surface area contributed by atoms with Crippen molar-refractivity contribution in [3.8, 4) is 0 Å². The Hall–Kier alpha value is -1.37. The smallest absolute Gasteiger partial charge is 0.236 e. The predicted octanol–water partition coefficient (Wildman–Crippen LogP) is 0.240. The van der Waals surface area contributed by atoms with Crippen LogP contribution < -0.4 is 0 Å². The van der Waals surface area contributed by atoms with Crippen LogP contribution in [0.15, 0.2) is 16.5 Å². The molecule has 0 aliphatic carbocycles. The monoisotopic (exact) mass is 282 g/mol. The van der Waals surface area contributed by atoms with Crippen LogP contribution >= 0.6 is 0 Å². The van der Waals surface area contributed by atoms with Crippen molar-refractivity contribution >= 4 is 5.91 Å². The molecule has 1 aliphatic heterocycles. The van der Waals surface area contributed by atoms with Gasteiger partial charge in [-0.3, -0.25) is 9.69 Å². The Bertz CT molecular complexity index is 446. The van der Waals surface area contributed by atoms with Gasteiger partial charge in [0.25, 0.3) is 0 Å². The van der Waals surface area contributed by atoms with E-state index in [4.69, 9.17) is 9.15 Å². The summed E-state index contributed by atoms with van der Waals surface area (Å²) in [6, 6.07) is 3.67. The summed E-state index contributed by atoms with van der Waals surface area (Å²) in [5.74, 6) is 1.63. The predicted molar refractivity (Wildman–Crippen MR) is 73.2 cm³/mol. The van der Waals surface area contributed by atoms with Crippen LogP contribution in [-0.4, -0.2) is 66.8 Å². The highest BCUT2D eigenvalue weighted by Crippen LogP contribution is 2.10. The van der Waals surface area contributed by atoms with Crippen molar-refractivity contribution in [2.45, 2.75) is 19.5 Å². The molecule has 1 saturated heterocycles. The summed E-state index contributed by atoms with van der Waals surface area (Å²) in [4.78, 5) is 15.8. The third-order valence-electron chi connectivity index (χ3n) is 3.51. The number of ether oxygens (including phenoxy) is 1. The van der Waals surface area contributed by atoms with Crippen LogP contribution in [0, 0.1) is 6.92 Å². The molecule has 1 aromatic rings. The number of aliphatic hydroxyl groups excluding tert-OH is 1. The second-order valence-corrected chi connectivity index (χ2v) is 5.14. The van der Waals surface area contributed by atoms with E-state index in [2.05, 4.69) is 0 Å². The first kappa shape index (κ1) is 15.0. The van der Waals surface area contributed by atoms with Gasteiger partial charge in [-0.1, -0.05) is 0 Å². The van der Waals surface area contributed by atoms with Gasteiger partial charge in [-0.15, -0.1) is 0 Å². The Labute approximate surface area is 118 Å². The van der Waals surface area contributed by atoms with Crippen molar-refractivity contribution in [2.24, 2.45) is 0 Å². The molecule has 1 N–H and O–H groups in total. The molecule has 6 nitrogen and oxygen atoms in total. The molecule has 112 valence electrons. The van der Waals surface area contributed by atoms with Crippen LogP contribution in [-0.2, 0) is 16.1 Å². The highest BCUT2D eigenvalue weighted by molar-refractivity contribution is 5.78. The molecule has 1 amide bonds.